The maximum atomic E-state index is 11.9. The number of nitrogens with one attached hydrogen (secondary N) is 3. The summed E-state index contributed by atoms with van der Waals surface area (Å²) in [5, 5.41) is 8.62. The molecule has 1 aliphatic heterocycles. The number of amides is 2. The van der Waals surface area contributed by atoms with E-state index in [0.717, 1.165) is 12.8 Å². The van der Waals surface area contributed by atoms with Crippen LogP contribution in [0, 0.1) is 0 Å². The van der Waals surface area contributed by atoms with Crippen LogP contribution in [-0.2, 0) is 9.59 Å². The molecular weight excluding hydrogens is 258 g/mol. The van der Waals surface area contributed by atoms with Gasteiger partial charge < -0.3 is 22.1 Å². The zero-order valence-corrected chi connectivity index (χ0v) is 11.7. The number of carbonyl (C=O) groups excluding carboxylic acids is 2. The summed E-state index contributed by atoms with van der Waals surface area (Å²) in [6.45, 7) is 2.20. The van der Waals surface area contributed by atoms with Crippen molar-refractivity contribution in [1.29, 1.82) is 0 Å². The van der Waals surface area contributed by atoms with E-state index in [1.807, 2.05) is 6.08 Å². The molecule has 2 unspecified atom stereocenters. The van der Waals surface area contributed by atoms with Gasteiger partial charge in [0, 0.05) is 13.1 Å². The molecule has 0 saturated carbocycles. The quantitative estimate of drug-likeness (QED) is 0.266. The Morgan fingerprint density at radius 2 is 1.70 bits per heavy atom. The lowest BCUT2D eigenvalue weighted by Crippen LogP contribution is -2.54. The zero-order valence-electron chi connectivity index (χ0n) is 11.7. The number of rotatable bonds is 8. The van der Waals surface area contributed by atoms with Crippen LogP contribution in [0.2, 0.25) is 0 Å². The van der Waals surface area contributed by atoms with Crippen molar-refractivity contribution in [2.45, 2.75) is 31.3 Å². The second-order valence-electron chi connectivity index (χ2n) is 4.73. The average Bonchev–Trinajstić information content (AvgIpc) is 2.47. The summed E-state index contributed by atoms with van der Waals surface area (Å²) < 4.78 is 0. The van der Waals surface area contributed by atoms with Gasteiger partial charge in [-0.05, 0) is 32.4 Å². The third-order valence-corrected chi connectivity index (χ3v) is 3.04. The first-order valence-corrected chi connectivity index (χ1v) is 7.07. The predicted octanol–water partition coefficient (Wildman–Crippen LogP) is -1.80. The Morgan fingerprint density at radius 1 is 1.10 bits per heavy atom. The molecule has 0 aromatic rings. The second-order valence-corrected chi connectivity index (χ2v) is 4.73. The van der Waals surface area contributed by atoms with Crippen molar-refractivity contribution in [3.8, 4) is 0 Å². The summed E-state index contributed by atoms with van der Waals surface area (Å²) in [5.74, 6) is -0.225. The molecule has 114 valence electrons. The minimum absolute atomic E-state index is 0.0949. The number of hydrogen-bond donors (Lipinski definition) is 5. The monoisotopic (exact) mass is 283 g/mol. The first-order chi connectivity index (χ1) is 9.69. The van der Waals surface area contributed by atoms with Crippen molar-refractivity contribution in [2.24, 2.45) is 11.5 Å². The summed E-state index contributed by atoms with van der Waals surface area (Å²) in [6.07, 6.45) is 5.71. The summed E-state index contributed by atoms with van der Waals surface area (Å²) in [6, 6.07) is -0.838. The van der Waals surface area contributed by atoms with Crippen LogP contribution >= 0.6 is 0 Å². The third-order valence-electron chi connectivity index (χ3n) is 3.04. The highest BCUT2D eigenvalue weighted by Crippen LogP contribution is 2.05. The van der Waals surface area contributed by atoms with E-state index in [4.69, 9.17) is 11.5 Å². The van der Waals surface area contributed by atoms with Gasteiger partial charge in [-0.2, -0.15) is 0 Å². The summed E-state index contributed by atoms with van der Waals surface area (Å²) in [7, 11) is 0. The Kier molecular flexibility index (Phi) is 7.86. The Hall–Kier alpha value is -1.44. The van der Waals surface area contributed by atoms with Crippen LogP contribution < -0.4 is 27.4 Å². The molecule has 7 heteroatoms. The van der Waals surface area contributed by atoms with E-state index < -0.39 is 6.04 Å². The van der Waals surface area contributed by atoms with E-state index in [1.54, 1.807) is 6.08 Å². The Morgan fingerprint density at radius 3 is 2.30 bits per heavy atom. The van der Waals surface area contributed by atoms with Crippen LogP contribution in [0.15, 0.2) is 12.2 Å². The zero-order chi connectivity index (χ0) is 14.8. The van der Waals surface area contributed by atoms with Crippen molar-refractivity contribution in [3.05, 3.63) is 12.2 Å². The van der Waals surface area contributed by atoms with Gasteiger partial charge >= 0.3 is 0 Å². The second kappa shape index (κ2) is 9.46. The highest BCUT2D eigenvalue weighted by molar-refractivity contribution is 5.87. The first kappa shape index (κ1) is 16.6. The standard InChI is InChI=1S/C13H25N5O2/c14-6-2-8-16-12(19)10-4-1-5-11(18-10)13(20)17-9-3-7-15/h1,4,10-11,18H,2-3,5-9,14-15H2,(H,16,19)(H,17,20). The normalized spacial score (nSPS) is 21.5. The van der Waals surface area contributed by atoms with E-state index >= 15 is 0 Å². The molecule has 0 radical (unpaired) electrons. The lowest BCUT2D eigenvalue weighted by atomic mass is 10.0. The van der Waals surface area contributed by atoms with Gasteiger partial charge in [0.15, 0.2) is 0 Å². The van der Waals surface area contributed by atoms with Crippen LogP contribution in [-0.4, -0.2) is 50.1 Å². The van der Waals surface area contributed by atoms with Crippen molar-refractivity contribution in [2.75, 3.05) is 26.2 Å². The Balaban J connectivity index is 2.37. The summed E-state index contributed by atoms with van der Waals surface area (Å²) in [5.41, 5.74) is 10.7. The average molecular weight is 283 g/mol. The van der Waals surface area contributed by atoms with Crippen molar-refractivity contribution >= 4 is 11.8 Å². The highest BCUT2D eigenvalue weighted by Gasteiger charge is 2.26. The van der Waals surface area contributed by atoms with Crippen LogP contribution in [0.3, 0.4) is 0 Å². The Labute approximate surface area is 119 Å². The lowest BCUT2D eigenvalue weighted by Gasteiger charge is -2.25. The van der Waals surface area contributed by atoms with Crippen molar-refractivity contribution in [3.63, 3.8) is 0 Å². The SMILES string of the molecule is NCCCNC(=O)C1C=CCC(C(=O)NCCCN)N1. The number of carbonyl (C=O) groups is 2. The molecule has 0 fully saturated rings. The molecule has 0 aromatic carbocycles. The van der Waals surface area contributed by atoms with Crippen molar-refractivity contribution < 1.29 is 9.59 Å². The van der Waals surface area contributed by atoms with Crippen LogP contribution in [0.5, 0.6) is 0 Å². The maximum Gasteiger partial charge on any atom is 0.241 e. The molecule has 0 spiro atoms. The van der Waals surface area contributed by atoms with Gasteiger partial charge in [-0.3, -0.25) is 14.9 Å². The van der Waals surface area contributed by atoms with Gasteiger partial charge in [-0.25, -0.2) is 0 Å². The highest BCUT2D eigenvalue weighted by atomic mass is 16.2. The topological polar surface area (TPSA) is 122 Å². The molecule has 2 amide bonds. The first-order valence-electron chi connectivity index (χ1n) is 7.07. The minimum atomic E-state index is -0.466. The van der Waals surface area contributed by atoms with Gasteiger partial charge in [0.25, 0.3) is 0 Å². The lowest BCUT2D eigenvalue weighted by molar-refractivity contribution is -0.125. The van der Waals surface area contributed by atoms with Crippen LogP contribution in [0.4, 0.5) is 0 Å². The molecule has 2 atom stereocenters. The molecule has 0 aromatic heterocycles. The number of hydrogen-bond acceptors (Lipinski definition) is 5. The van der Waals surface area contributed by atoms with Crippen molar-refractivity contribution in [1.82, 2.24) is 16.0 Å². The fourth-order valence-electron chi connectivity index (χ4n) is 1.90. The molecule has 0 aliphatic carbocycles. The molecule has 0 saturated heterocycles. The largest absolute Gasteiger partial charge is 0.355 e. The minimum Gasteiger partial charge on any atom is -0.355 e. The van der Waals surface area contributed by atoms with E-state index in [1.165, 1.54) is 0 Å². The van der Waals surface area contributed by atoms with Gasteiger partial charge in [0.2, 0.25) is 11.8 Å². The van der Waals surface area contributed by atoms with E-state index in [0.29, 0.717) is 32.6 Å². The third kappa shape index (κ3) is 5.68. The van der Waals surface area contributed by atoms with Gasteiger partial charge in [0.1, 0.15) is 6.04 Å². The molecule has 1 heterocycles. The van der Waals surface area contributed by atoms with Gasteiger partial charge in [-0.15, -0.1) is 0 Å². The summed E-state index contributed by atoms with van der Waals surface area (Å²) in [4.78, 5) is 23.8. The maximum absolute atomic E-state index is 11.9. The Bertz CT molecular complexity index is 346. The fraction of sp³-hybridized carbons (Fsp3) is 0.692. The molecule has 1 rings (SSSR count). The molecule has 1 aliphatic rings. The van der Waals surface area contributed by atoms with Gasteiger partial charge in [-0.1, -0.05) is 12.2 Å². The van der Waals surface area contributed by atoms with E-state index in [-0.39, 0.29) is 17.9 Å². The smallest absolute Gasteiger partial charge is 0.241 e. The van der Waals surface area contributed by atoms with E-state index in [2.05, 4.69) is 16.0 Å². The van der Waals surface area contributed by atoms with Crippen LogP contribution in [0.25, 0.3) is 0 Å². The number of nitrogens with two attached hydrogens (primary N) is 2. The fourth-order valence-corrected chi connectivity index (χ4v) is 1.90. The summed E-state index contributed by atoms with van der Waals surface area (Å²) >= 11 is 0. The van der Waals surface area contributed by atoms with Crippen LogP contribution in [0.1, 0.15) is 19.3 Å². The molecule has 20 heavy (non-hydrogen) atoms. The predicted molar refractivity (Wildman–Crippen MR) is 77.8 cm³/mol. The molecule has 7 N–H and O–H groups in total. The molecule has 0 bridgehead atoms. The molecule has 7 nitrogen and oxygen atoms in total. The van der Waals surface area contributed by atoms with Gasteiger partial charge in [0.05, 0.1) is 6.04 Å². The molecular formula is C13H25N5O2. The van der Waals surface area contributed by atoms with E-state index in [9.17, 15) is 9.59 Å².